The number of carboxylic acid groups (broad SMARTS) is 1. The monoisotopic (exact) mass is 299 g/mol. The van der Waals surface area contributed by atoms with Crippen LogP contribution >= 0.6 is 11.8 Å². The molecule has 114 valence electrons. The van der Waals surface area contributed by atoms with E-state index in [1.54, 1.807) is 13.8 Å². The number of fused-ring (bicyclic) bond motifs is 1. The number of amides is 1. The first kappa shape index (κ1) is 15.7. The molecule has 0 aromatic carbocycles. The lowest BCUT2D eigenvalue weighted by atomic mass is 9.78. The molecule has 1 amide bonds. The topological polar surface area (TPSA) is 57.6 Å². The third kappa shape index (κ3) is 3.48. The third-order valence-corrected chi connectivity index (χ3v) is 5.92. The van der Waals surface area contributed by atoms with Crippen molar-refractivity contribution in [1.29, 1.82) is 0 Å². The fraction of sp³-hybridized carbons (Fsp3) is 0.867. The van der Waals surface area contributed by atoms with E-state index in [0.29, 0.717) is 12.0 Å². The summed E-state index contributed by atoms with van der Waals surface area (Å²) in [6.07, 6.45) is 7.25. The lowest BCUT2D eigenvalue weighted by molar-refractivity contribution is -0.138. The maximum Gasteiger partial charge on any atom is 0.319 e. The minimum atomic E-state index is -0.891. The van der Waals surface area contributed by atoms with Gasteiger partial charge in [0.1, 0.15) is 4.75 Å². The maximum absolute atomic E-state index is 12.4. The summed E-state index contributed by atoms with van der Waals surface area (Å²) in [6.45, 7) is 4.17. The molecule has 0 aromatic rings. The van der Waals surface area contributed by atoms with Crippen LogP contribution < -0.4 is 0 Å². The van der Waals surface area contributed by atoms with Crippen LogP contribution in [0.5, 0.6) is 0 Å². The molecule has 0 bridgehead atoms. The average molecular weight is 299 g/mol. The van der Waals surface area contributed by atoms with Gasteiger partial charge in [0.25, 0.3) is 0 Å². The van der Waals surface area contributed by atoms with Gasteiger partial charge in [0.2, 0.25) is 5.91 Å². The van der Waals surface area contributed by atoms with Gasteiger partial charge >= 0.3 is 5.97 Å². The fourth-order valence-corrected chi connectivity index (χ4v) is 4.09. The van der Waals surface area contributed by atoms with E-state index in [2.05, 4.69) is 0 Å². The molecule has 1 saturated carbocycles. The first-order chi connectivity index (χ1) is 9.42. The van der Waals surface area contributed by atoms with Gasteiger partial charge in [-0.2, -0.15) is 0 Å². The summed E-state index contributed by atoms with van der Waals surface area (Å²) in [5.74, 6) is 0.229. The number of piperidine rings is 1. The van der Waals surface area contributed by atoms with Crippen LogP contribution in [0, 0.1) is 5.92 Å². The molecule has 0 aromatic heterocycles. The molecule has 1 heterocycles. The third-order valence-electron chi connectivity index (χ3n) is 4.64. The lowest BCUT2D eigenvalue weighted by Crippen LogP contribution is -2.50. The summed E-state index contributed by atoms with van der Waals surface area (Å²) >= 11 is 1.24. The second kappa shape index (κ2) is 6.37. The van der Waals surface area contributed by atoms with E-state index in [1.165, 1.54) is 37.4 Å². The highest BCUT2D eigenvalue weighted by atomic mass is 32.2. The van der Waals surface area contributed by atoms with Gasteiger partial charge in [-0.15, -0.1) is 11.8 Å². The van der Waals surface area contributed by atoms with Crippen LogP contribution in [0.3, 0.4) is 0 Å². The predicted octanol–water partition coefficient (Wildman–Crippen LogP) is 2.76. The van der Waals surface area contributed by atoms with Gasteiger partial charge in [-0.1, -0.05) is 12.8 Å². The zero-order chi connectivity index (χ0) is 14.8. The van der Waals surface area contributed by atoms with Gasteiger partial charge in [0.15, 0.2) is 0 Å². The summed E-state index contributed by atoms with van der Waals surface area (Å²) in [5.41, 5.74) is 0. The second-order valence-electron chi connectivity index (χ2n) is 6.45. The van der Waals surface area contributed by atoms with E-state index in [9.17, 15) is 9.59 Å². The van der Waals surface area contributed by atoms with Crippen LogP contribution in [0.2, 0.25) is 0 Å². The largest absolute Gasteiger partial charge is 0.480 e. The van der Waals surface area contributed by atoms with Crippen molar-refractivity contribution >= 4 is 23.6 Å². The van der Waals surface area contributed by atoms with E-state index in [1.807, 2.05) is 4.90 Å². The molecule has 1 aliphatic carbocycles. The smallest absolute Gasteiger partial charge is 0.319 e. The van der Waals surface area contributed by atoms with Crippen molar-refractivity contribution in [2.75, 3.05) is 12.3 Å². The number of hydrogen-bond donors (Lipinski definition) is 1. The van der Waals surface area contributed by atoms with Crippen molar-refractivity contribution < 1.29 is 14.7 Å². The van der Waals surface area contributed by atoms with E-state index >= 15 is 0 Å². The molecule has 2 atom stereocenters. The number of likely N-dealkylation sites (tertiary alicyclic amines) is 1. The van der Waals surface area contributed by atoms with Crippen molar-refractivity contribution in [2.45, 2.75) is 63.2 Å². The Morgan fingerprint density at radius 1 is 1.20 bits per heavy atom. The van der Waals surface area contributed by atoms with E-state index in [0.717, 1.165) is 19.4 Å². The number of thioether (sulfide) groups is 1. The van der Waals surface area contributed by atoms with Gasteiger partial charge in [0.05, 0.1) is 5.75 Å². The minimum Gasteiger partial charge on any atom is -0.480 e. The van der Waals surface area contributed by atoms with Gasteiger partial charge in [-0.25, -0.2) is 0 Å². The van der Waals surface area contributed by atoms with Crippen LogP contribution in [-0.4, -0.2) is 45.0 Å². The molecule has 5 heteroatoms. The molecule has 2 rings (SSSR count). The molecule has 2 unspecified atom stereocenters. The number of rotatable bonds is 4. The second-order valence-corrected chi connectivity index (χ2v) is 8.04. The summed E-state index contributed by atoms with van der Waals surface area (Å²) < 4.78 is -0.891. The summed E-state index contributed by atoms with van der Waals surface area (Å²) in [7, 11) is 0. The average Bonchev–Trinajstić information content (AvgIpc) is 2.44. The number of carboxylic acids is 1. The SMILES string of the molecule is CC(C)(SCC(=O)N1CCCC2CCCCC21)C(=O)O. The van der Waals surface area contributed by atoms with E-state index in [4.69, 9.17) is 5.11 Å². The first-order valence-corrected chi connectivity index (χ1v) is 8.57. The molecule has 0 radical (unpaired) electrons. The van der Waals surface area contributed by atoms with Gasteiger partial charge in [-0.3, -0.25) is 9.59 Å². The molecule has 1 saturated heterocycles. The molecular weight excluding hydrogens is 274 g/mol. The Morgan fingerprint density at radius 3 is 2.55 bits per heavy atom. The highest BCUT2D eigenvalue weighted by Crippen LogP contribution is 2.36. The van der Waals surface area contributed by atoms with Gasteiger partial charge in [-0.05, 0) is 45.4 Å². The van der Waals surface area contributed by atoms with Crippen molar-refractivity contribution in [3.05, 3.63) is 0 Å². The Hall–Kier alpha value is -0.710. The molecule has 20 heavy (non-hydrogen) atoms. The van der Waals surface area contributed by atoms with Crippen LogP contribution in [0.15, 0.2) is 0 Å². The molecule has 1 aliphatic heterocycles. The number of aliphatic carboxylic acids is 1. The Bertz CT molecular complexity index is 381. The van der Waals surface area contributed by atoms with Crippen LogP contribution in [0.4, 0.5) is 0 Å². The van der Waals surface area contributed by atoms with Crippen LogP contribution in [0.1, 0.15) is 52.4 Å². The Balaban J connectivity index is 1.92. The first-order valence-electron chi connectivity index (χ1n) is 7.58. The zero-order valence-electron chi connectivity index (χ0n) is 12.4. The normalized spacial score (nSPS) is 27.0. The zero-order valence-corrected chi connectivity index (χ0v) is 13.2. The van der Waals surface area contributed by atoms with Crippen molar-refractivity contribution in [1.82, 2.24) is 4.90 Å². The molecule has 0 spiro atoms. The molecule has 4 nitrogen and oxygen atoms in total. The molecule has 2 aliphatic rings. The Kier molecular flexibility index (Phi) is 4.99. The number of nitrogens with zero attached hydrogens (tertiary/aromatic N) is 1. The van der Waals surface area contributed by atoms with Crippen molar-refractivity contribution in [3.8, 4) is 0 Å². The van der Waals surface area contributed by atoms with Crippen molar-refractivity contribution in [3.63, 3.8) is 0 Å². The van der Waals surface area contributed by atoms with E-state index < -0.39 is 10.7 Å². The number of carbonyl (C=O) groups excluding carboxylic acids is 1. The summed E-state index contributed by atoms with van der Waals surface area (Å²) in [5, 5.41) is 9.11. The van der Waals surface area contributed by atoms with Crippen molar-refractivity contribution in [2.24, 2.45) is 5.92 Å². The van der Waals surface area contributed by atoms with E-state index in [-0.39, 0.29) is 11.7 Å². The Labute approximate surface area is 125 Å². The number of hydrogen-bond acceptors (Lipinski definition) is 3. The summed E-state index contributed by atoms with van der Waals surface area (Å²) in [4.78, 5) is 25.6. The Morgan fingerprint density at radius 2 is 1.85 bits per heavy atom. The fourth-order valence-electron chi connectivity index (χ4n) is 3.32. The molecule has 2 fully saturated rings. The lowest BCUT2D eigenvalue weighted by Gasteiger charge is -2.44. The highest BCUT2D eigenvalue weighted by molar-refractivity contribution is 8.01. The van der Waals surface area contributed by atoms with Gasteiger partial charge in [0, 0.05) is 12.6 Å². The van der Waals surface area contributed by atoms with Gasteiger partial charge < -0.3 is 10.0 Å². The maximum atomic E-state index is 12.4. The summed E-state index contributed by atoms with van der Waals surface area (Å²) in [6, 6.07) is 0.415. The standard InChI is InChI=1S/C15H25NO3S/c1-15(2,14(18)19)20-10-13(17)16-9-5-7-11-6-3-4-8-12(11)16/h11-12H,3-10H2,1-2H3,(H,18,19). The quantitative estimate of drug-likeness (QED) is 0.867. The molecular formula is C15H25NO3S. The highest BCUT2D eigenvalue weighted by Gasteiger charge is 2.36. The van der Waals surface area contributed by atoms with Crippen LogP contribution in [-0.2, 0) is 9.59 Å². The minimum absolute atomic E-state index is 0.126. The number of carbonyl (C=O) groups is 2. The van der Waals surface area contributed by atoms with Crippen LogP contribution in [0.25, 0.3) is 0 Å². The predicted molar refractivity (Wildman–Crippen MR) is 80.9 cm³/mol. The molecule has 1 N–H and O–H groups in total.